The number of carbonyl (C=O) groups excluding carboxylic acids is 1. The monoisotopic (exact) mass is 327 g/mol. The smallest absolute Gasteiger partial charge is 0.273 e. The summed E-state index contributed by atoms with van der Waals surface area (Å²) in [6, 6.07) is 11.8. The van der Waals surface area contributed by atoms with Crippen molar-refractivity contribution in [3.63, 3.8) is 0 Å². The number of carbonyl (C=O) groups is 1. The van der Waals surface area contributed by atoms with Gasteiger partial charge in [-0.1, -0.05) is 24.3 Å². The summed E-state index contributed by atoms with van der Waals surface area (Å²) in [7, 11) is 0. The number of para-hydroxylation sites is 1. The number of aromatic nitrogens is 1. The minimum absolute atomic E-state index is 0.0213. The number of likely N-dealkylation sites (tertiary alicyclic amines) is 1. The molecule has 0 bridgehead atoms. The second kappa shape index (κ2) is 7.08. The second-order valence-electron chi connectivity index (χ2n) is 5.60. The first kappa shape index (κ1) is 15.9. The van der Waals surface area contributed by atoms with E-state index in [1.54, 1.807) is 35.4 Å². The van der Waals surface area contributed by atoms with Crippen LogP contribution in [0.2, 0.25) is 0 Å². The number of nitro groups is 1. The molecule has 2 aromatic rings. The van der Waals surface area contributed by atoms with E-state index in [4.69, 9.17) is 4.74 Å². The minimum atomic E-state index is -0.459. The Bertz CT molecular complexity index is 736. The zero-order chi connectivity index (χ0) is 16.9. The summed E-state index contributed by atoms with van der Waals surface area (Å²) < 4.78 is 5.75. The molecular weight excluding hydrogens is 310 g/mol. The van der Waals surface area contributed by atoms with Crippen molar-refractivity contribution in [2.45, 2.75) is 18.9 Å². The number of amides is 1. The summed E-state index contributed by atoms with van der Waals surface area (Å²) in [6.45, 7) is 1.05. The Kier molecular flexibility index (Phi) is 4.69. The Labute approximate surface area is 139 Å². The number of hydrogen-bond acceptors (Lipinski definition) is 5. The first-order chi connectivity index (χ1) is 11.6. The number of rotatable bonds is 5. The van der Waals surface area contributed by atoms with Crippen LogP contribution in [0, 0.1) is 10.1 Å². The van der Waals surface area contributed by atoms with Crippen LogP contribution in [0.5, 0.6) is 5.88 Å². The van der Waals surface area contributed by atoms with Crippen molar-refractivity contribution in [2.24, 2.45) is 0 Å². The van der Waals surface area contributed by atoms with Crippen molar-refractivity contribution >= 4 is 11.6 Å². The molecular formula is C17H17N3O4. The first-order valence-electron chi connectivity index (χ1n) is 7.71. The SMILES string of the molecule is O=C(Cc1ccccc1[N+](=O)[O-])N1CCC(Oc2ccccn2)C1. The lowest BCUT2D eigenvalue weighted by Gasteiger charge is -2.17. The molecule has 1 saturated heterocycles. The summed E-state index contributed by atoms with van der Waals surface area (Å²) in [5, 5.41) is 11.0. The maximum atomic E-state index is 12.4. The number of benzene rings is 1. The highest BCUT2D eigenvalue weighted by Crippen LogP contribution is 2.21. The van der Waals surface area contributed by atoms with E-state index in [1.807, 2.05) is 12.1 Å². The van der Waals surface area contributed by atoms with Crippen molar-refractivity contribution in [2.75, 3.05) is 13.1 Å². The largest absolute Gasteiger partial charge is 0.472 e. The fourth-order valence-corrected chi connectivity index (χ4v) is 2.75. The van der Waals surface area contributed by atoms with Crippen LogP contribution in [0.3, 0.4) is 0 Å². The van der Waals surface area contributed by atoms with Crippen LogP contribution in [-0.2, 0) is 11.2 Å². The number of ether oxygens (including phenoxy) is 1. The van der Waals surface area contributed by atoms with Crippen LogP contribution >= 0.6 is 0 Å². The third-order valence-electron chi connectivity index (χ3n) is 3.95. The minimum Gasteiger partial charge on any atom is -0.472 e. The van der Waals surface area contributed by atoms with Crippen molar-refractivity contribution in [1.82, 2.24) is 9.88 Å². The van der Waals surface area contributed by atoms with E-state index < -0.39 is 4.92 Å². The molecule has 1 amide bonds. The van der Waals surface area contributed by atoms with Gasteiger partial charge in [-0.15, -0.1) is 0 Å². The van der Waals surface area contributed by atoms with Gasteiger partial charge in [0.05, 0.1) is 17.9 Å². The fraction of sp³-hybridized carbons (Fsp3) is 0.294. The van der Waals surface area contributed by atoms with E-state index in [-0.39, 0.29) is 24.1 Å². The topological polar surface area (TPSA) is 85.6 Å². The molecule has 1 atom stereocenters. The summed E-state index contributed by atoms with van der Waals surface area (Å²) in [5.74, 6) is 0.409. The summed E-state index contributed by atoms with van der Waals surface area (Å²) in [6.07, 6.45) is 2.30. The van der Waals surface area contributed by atoms with Crippen molar-refractivity contribution in [1.29, 1.82) is 0 Å². The van der Waals surface area contributed by atoms with E-state index in [0.29, 0.717) is 24.5 Å². The van der Waals surface area contributed by atoms with Gasteiger partial charge in [0.2, 0.25) is 11.8 Å². The van der Waals surface area contributed by atoms with Gasteiger partial charge >= 0.3 is 0 Å². The van der Waals surface area contributed by atoms with Gasteiger partial charge in [-0.25, -0.2) is 4.98 Å². The Morgan fingerprint density at radius 1 is 1.29 bits per heavy atom. The van der Waals surface area contributed by atoms with Crippen LogP contribution < -0.4 is 4.74 Å². The van der Waals surface area contributed by atoms with Gasteiger partial charge in [-0.05, 0) is 6.07 Å². The maximum absolute atomic E-state index is 12.4. The average Bonchev–Trinajstić information content (AvgIpc) is 3.05. The van der Waals surface area contributed by atoms with Gasteiger partial charge in [0.15, 0.2) is 0 Å². The van der Waals surface area contributed by atoms with Crippen LogP contribution in [0.1, 0.15) is 12.0 Å². The molecule has 0 N–H and O–H groups in total. The highest BCUT2D eigenvalue weighted by molar-refractivity contribution is 5.80. The van der Waals surface area contributed by atoms with Crippen molar-refractivity contribution in [3.8, 4) is 5.88 Å². The molecule has 0 spiro atoms. The second-order valence-corrected chi connectivity index (χ2v) is 5.60. The van der Waals surface area contributed by atoms with Crippen LogP contribution in [0.25, 0.3) is 0 Å². The van der Waals surface area contributed by atoms with E-state index in [9.17, 15) is 14.9 Å². The molecule has 2 heterocycles. The molecule has 1 aromatic heterocycles. The Morgan fingerprint density at radius 3 is 2.83 bits per heavy atom. The van der Waals surface area contributed by atoms with E-state index in [1.165, 1.54) is 6.07 Å². The summed E-state index contributed by atoms with van der Waals surface area (Å²) in [4.78, 5) is 28.8. The van der Waals surface area contributed by atoms with Crippen molar-refractivity contribution < 1.29 is 14.5 Å². The lowest BCUT2D eigenvalue weighted by molar-refractivity contribution is -0.385. The predicted molar refractivity (Wildman–Crippen MR) is 86.7 cm³/mol. The number of nitrogens with zero attached hydrogens (tertiary/aromatic N) is 3. The third-order valence-corrected chi connectivity index (χ3v) is 3.95. The Balaban J connectivity index is 1.60. The molecule has 124 valence electrons. The molecule has 0 saturated carbocycles. The van der Waals surface area contributed by atoms with Crippen LogP contribution in [0.15, 0.2) is 48.7 Å². The average molecular weight is 327 g/mol. The molecule has 7 heteroatoms. The quantitative estimate of drug-likeness (QED) is 0.621. The number of nitro benzene ring substituents is 1. The molecule has 1 aliphatic rings. The first-order valence-corrected chi connectivity index (χ1v) is 7.71. The predicted octanol–water partition coefficient (Wildman–Crippen LogP) is 2.21. The lowest BCUT2D eigenvalue weighted by Crippen LogP contribution is -2.32. The normalized spacial score (nSPS) is 16.8. The van der Waals surface area contributed by atoms with Crippen molar-refractivity contribution in [3.05, 3.63) is 64.3 Å². The van der Waals surface area contributed by atoms with Gasteiger partial charge in [-0.3, -0.25) is 14.9 Å². The highest BCUT2D eigenvalue weighted by Gasteiger charge is 2.29. The van der Waals surface area contributed by atoms with Gasteiger partial charge in [0.1, 0.15) is 6.10 Å². The Hall–Kier alpha value is -2.96. The van der Waals surface area contributed by atoms with Gasteiger partial charge in [-0.2, -0.15) is 0 Å². The summed E-state index contributed by atoms with van der Waals surface area (Å²) in [5.41, 5.74) is 0.410. The molecule has 3 rings (SSSR count). The highest BCUT2D eigenvalue weighted by atomic mass is 16.6. The molecule has 7 nitrogen and oxygen atoms in total. The molecule has 0 radical (unpaired) electrons. The number of hydrogen-bond donors (Lipinski definition) is 0. The molecule has 1 aliphatic heterocycles. The zero-order valence-electron chi connectivity index (χ0n) is 13.0. The third kappa shape index (κ3) is 3.68. The molecule has 24 heavy (non-hydrogen) atoms. The standard InChI is InChI=1S/C17H17N3O4/c21-17(11-13-5-1-2-6-15(13)20(22)23)19-10-8-14(12-19)24-16-7-3-4-9-18-16/h1-7,9,14H,8,10-12H2. The number of pyridine rings is 1. The lowest BCUT2D eigenvalue weighted by atomic mass is 10.1. The Morgan fingerprint density at radius 2 is 2.08 bits per heavy atom. The molecule has 1 aromatic carbocycles. The fourth-order valence-electron chi connectivity index (χ4n) is 2.75. The summed E-state index contributed by atoms with van der Waals surface area (Å²) >= 11 is 0. The zero-order valence-corrected chi connectivity index (χ0v) is 13.0. The maximum Gasteiger partial charge on any atom is 0.273 e. The molecule has 1 unspecified atom stereocenters. The van der Waals surface area contributed by atoms with Crippen LogP contribution in [-0.4, -0.2) is 39.9 Å². The van der Waals surface area contributed by atoms with E-state index in [0.717, 1.165) is 6.42 Å². The van der Waals surface area contributed by atoms with Gasteiger partial charge in [0.25, 0.3) is 5.69 Å². The van der Waals surface area contributed by atoms with Gasteiger partial charge in [0, 0.05) is 36.9 Å². The van der Waals surface area contributed by atoms with E-state index >= 15 is 0 Å². The van der Waals surface area contributed by atoms with E-state index in [2.05, 4.69) is 4.98 Å². The molecule has 1 fully saturated rings. The molecule has 0 aliphatic carbocycles. The van der Waals surface area contributed by atoms with Gasteiger partial charge < -0.3 is 9.64 Å². The van der Waals surface area contributed by atoms with Crippen LogP contribution in [0.4, 0.5) is 5.69 Å².